The number of tetrazole rings is 1. The van der Waals surface area contributed by atoms with Crippen molar-refractivity contribution < 1.29 is 9.69 Å². The lowest BCUT2D eigenvalue weighted by Crippen LogP contribution is -3.14. The standard InChI is InChI=1S/C23H28N6O/c1-17-7-3-4-9-21(17)24-22(30)16-29-26-23(25-27-29)20-12-10-19(11-13-20)15-28-14-6-5-8-18(28)2/h3-4,7,9-13,18H,5-6,8,14-16H2,1-2H3,(H,24,30)/p+1/t18-/m1/s1. The summed E-state index contributed by atoms with van der Waals surface area (Å²) in [5.74, 6) is 0.353. The molecule has 1 aliphatic heterocycles. The second-order valence-corrected chi connectivity index (χ2v) is 8.19. The van der Waals surface area contributed by atoms with Crippen LogP contribution in [0.2, 0.25) is 0 Å². The van der Waals surface area contributed by atoms with Gasteiger partial charge in [0.1, 0.15) is 13.1 Å². The molecule has 2 N–H and O–H groups in total. The molecule has 7 heteroatoms. The van der Waals surface area contributed by atoms with E-state index in [4.69, 9.17) is 0 Å². The predicted molar refractivity (Wildman–Crippen MR) is 116 cm³/mol. The fourth-order valence-electron chi connectivity index (χ4n) is 4.01. The lowest BCUT2D eigenvalue weighted by molar-refractivity contribution is -0.941. The van der Waals surface area contributed by atoms with Crippen molar-refractivity contribution in [2.45, 2.75) is 52.2 Å². The van der Waals surface area contributed by atoms with Gasteiger partial charge in [-0.05, 0) is 50.0 Å². The van der Waals surface area contributed by atoms with Crippen molar-refractivity contribution in [2.75, 3.05) is 11.9 Å². The molecular formula is C23H29N6O+. The molecule has 2 aromatic carbocycles. The largest absolute Gasteiger partial charge is 0.329 e. The number of hydrogen-bond donors (Lipinski definition) is 2. The van der Waals surface area contributed by atoms with Crippen molar-refractivity contribution in [3.63, 3.8) is 0 Å². The molecule has 0 saturated carbocycles. The number of aryl methyl sites for hydroxylation is 1. The van der Waals surface area contributed by atoms with E-state index in [9.17, 15) is 4.79 Å². The zero-order valence-electron chi connectivity index (χ0n) is 17.6. The number of likely N-dealkylation sites (tertiary alicyclic amines) is 1. The fourth-order valence-corrected chi connectivity index (χ4v) is 4.01. The Bertz CT molecular complexity index is 997. The molecule has 7 nitrogen and oxygen atoms in total. The molecule has 1 aliphatic rings. The van der Waals surface area contributed by atoms with Gasteiger partial charge >= 0.3 is 0 Å². The van der Waals surface area contributed by atoms with Gasteiger partial charge in [0.25, 0.3) is 0 Å². The molecule has 1 fully saturated rings. The third-order valence-electron chi connectivity index (χ3n) is 5.88. The lowest BCUT2D eigenvalue weighted by Gasteiger charge is -2.30. The Kier molecular flexibility index (Phi) is 6.18. The van der Waals surface area contributed by atoms with E-state index in [1.54, 1.807) is 4.90 Å². The number of aromatic nitrogens is 4. The summed E-state index contributed by atoms with van der Waals surface area (Å²) in [4.78, 5) is 15.3. The van der Waals surface area contributed by atoms with Crippen molar-refractivity contribution in [3.05, 3.63) is 59.7 Å². The summed E-state index contributed by atoms with van der Waals surface area (Å²) in [6.45, 7) is 6.64. The zero-order valence-corrected chi connectivity index (χ0v) is 17.6. The first-order valence-corrected chi connectivity index (χ1v) is 10.7. The Morgan fingerprint density at radius 2 is 1.97 bits per heavy atom. The summed E-state index contributed by atoms with van der Waals surface area (Å²) in [6.07, 6.45) is 3.99. The van der Waals surface area contributed by atoms with Crippen molar-refractivity contribution in [1.29, 1.82) is 0 Å². The summed E-state index contributed by atoms with van der Waals surface area (Å²) < 4.78 is 0. The van der Waals surface area contributed by atoms with Gasteiger partial charge in [-0.25, -0.2) is 0 Å². The predicted octanol–water partition coefficient (Wildman–Crippen LogP) is 2.24. The normalized spacial score (nSPS) is 18.9. The third kappa shape index (κ3) is 4.91. The van der Waals surface area contributed by atoms with Gasteiger partial charge in [0.15, 0.2) is 0 Å². The van der Waals surface area contributed by atoms with Crippen LogP contribution in [0.25, 0.3) is 11.4 Å². The quantitative estimate of drug-likeness (QED) is 0.659. The molecule has 1 unspecified atom stereocenters. The number of nitrogens with one attached hydrogen (secondary N) is 2. The van der Waals surface area contributed by atoms with Crippen molar-refractivity contribution in [3.8, 4) is 11.4 Å². The Morgan fingerprint density at radius 1 is 1.17 bits per heavy atom. The highest BCUT2D eigenvalue weighted by Gasteiger charge is 2.21. The highest BCUT2D eigenvalue weighted by atomic mass is 16.2. The van der Waals surface area contributed by atoms with E-state index in [1.807, 2.05) is 43.3 Å². The molecular weight excluding hydrogens is 376 g/mol. The van der Waals surface area contributed by atoms with Gasteiger partial charge in [-0.15, -0.1) is 10.2 Å². The lowest BCUT2D eigenvalue weighted by atomic mass is 10.0. The molecule has 0 aliphatic carbocycles. The Labute approximate surface area is 177 Å². The number of carbonyl (C=O) groups excluding carboxylic acids is 1. The third-order valence-corrected chi connectivity index (χ3v) is 5.88. The maximum Gasteiger partial charge on any atom is 0.248 e. The van der Waals surface area contributed by atoms with E-state index in [-0.39, 0.29) is 12.5 Å². The Balaban J connectivity index is 1.36. The minimum Gasteiger partial charge on any atom is -0.329 e. The van der Waals surface area contributed by atoms with Gasteiger partial charge in [0.05, 0.1) is 12.6 Å². The number of hydrogen-bond acceptors (Lipinski definition) is 4. The first-order chi connectivity index (χ1) is 14.6. The summed E-state index contributed by atoms with van der Waals surface area (Å²) in [7, 11) is 0. The number of piperidine rings is 1. The molecule has 1 amide bonds. The van der Waals surface area contributed by atoms with Crippen LogP contribution in [0.15, 0.2) is 48.5 Å². The van der Waals surface area contributed by atoms with Crippen LogP contribution in [0.4, 0.5) is 5.69 Å². The molecule has 0 spiro atoms. The molecule has 1 saturated heterocycles. The minimum atomic E-state index is -0.178. The van der Waals surface area contributed by atoms with Crippen LogP contribution in [0.3, 0.4) is 0 Å². The number of benzene rings is 2. The number of amides is 1. The van der Waals surface area contributed by atoms with Crippen molar-refractivity contribution in [1.82, 2.24) is 20.2 Å². The summed E-state index contributed by atoms with van der Waals surface area (Å²) in [5, 5.41) is 15.4. The number of anilines is 1. The van der Waals surface area contributed by atoms with Gasteiger partial charge in [0, 0.05) is 16.8 Å². The first kappa shape index (κ1) is 20.2. The van der Waals surface area contributed by atoms with Gasteiger partial charge in [-0.2, -0.15) is 4.80 Å². The SMILES string of the molecule is Cc1ccccc1NC(=O)Cn1nnc(-c2ccc(C[NH+]3CCCC[C@H]3C)cc2)n1. The molecule has 1 aromatic heterocycles. The van der Waals surface area contributed by atoms with E-state index in [0.717, 1.165) is 29.4 Å². The topological polar surface area (TPSA) is 77.1 Å². The number of rotatable bonds is 6. The number of carbonyl (C=O) groups is 1. The minimum absolute atomic E-state index is 0.0234. The fraction of sp³-hybridized carbons (Fsp3) is 0.391. The number of quaternary nitrogens is 1. The van der Waals surface area contributed by atoms with E-state index in [0.29, 0.717) is 5.82 Å². The molecule has 156 valence electrons. The summed E-state index contributed by atoms with van der Waals surface area (Å²) >= 11 is 0. The molecule has 3 aromatic rings. The van der Waals surface area contributed by atoms with Gasteiger partial charge in [-0.3, -0.25) is 4.79 Å². The zero-order chi connectivity index (χ0) is 20.9. The summed E-state index contributed by atoms with van der Waals surface area (Å²) in [6, 6.07) is 16.8. The van der Waals surface area contributed by atoms with Crippen LogP contribution < -0.4 is 10.2 Å². The number of nitrogens with zero attached hydrogens (tertiary/aromatic N) is 4. The van der Waals surface area contributed by atoms with Crippen molar-refractivity contribution in [2.24, 2.45) is 0 Å². The first-order valence-electron chi connectivity index (χ1n) is 10.7. The maximum absolute atomic E-state index is 12.3. The molecule has 30 heavy (non-hydrogen) atoms. The van der Waals surface area contributed by atoms with E-state index in [2.05, 4.69) is 39.8 Å². The number of para-hydroxylation sites is 1. The van der Waals surface area contributed by atoms with Crippen LogP contribution in [0.1, 0.15) is 37.3 Å². The van der Waals surface area contributed by atoms with Crippen molar-refractivity contribution >= 4 is 11.6 Å². The van der Waals surface area contributed by atoms with E-state index >= 15 is 0 Å². The highest BCUT2D eigenvalue weighted by Crippen LogP contribution is 2.15. The molecule has 2 atom stereocenters. The van der Waals surface area contributed by atoms with Crippen LogP contribution in [0.5, 0.6) is 0 Å². The second kappa shape index (κ2) is 9.17. The maximum atomic E-state index is 12.3. The van der Waals surface area contributed by atoms with Crippen LogP contribution in [-0.2, 0) is 17.9 Å². The second-order valence-electron chi connectivity index (χ2n) is 8.19. The van der Waals surface area contributed by atoms with Crippen LogP contribution in [0, 0.1) is 6.92 Å². The average Bonchev–Trinajstić information content (AvgIpc) is 3.20. The highest BCUT2D eigenvalue weighted by molar-refractivity contribution is 5.91. The van der Waals surface area contributed by atoms with E-state index < -0.39 is 0 Å². The van der Waals surface area contributed by atoms with Crippen LogP contribution in [-0.4, -0.2) is 38.7 Å². The molecule has 0 bridgehead atoms. The van der Waals surface area contributed by atoms with E-state index in [1.165, 1.54) is 36.2 Å². The monoisotopic (exact) mass is 405 g/mol. The average molecular weight is 406 g/mol. The summed E-state index contributed by atoms with van der Waals surface area (Å²) in [5.41, 5.74) is 4.04. The Morgan fingerprint density at radius 3 is 2.73 bits per heavy atom. The van der Waals surface area contributed by atoms with Crippen LogP contribution >= 0.6 is 0 Å². The van der Waals surface area contributed by atoms with Gasteiger partial charge in [0.2, 0.25) is 11.7 Å². The molecule has 4 rings (SSSR count). The smallest absolute Gasteiger partial charge is 0.248 e. The molecule has 2 heterocycles. The molecule has 0 radical (unpaired) electrons. The van der Waals surface area contributed by atoms with Gasteiger partial charge in [-0.1, -0.05) is 42.5 Å². The van der Waals surface area contributed by atoms with Gasteiger partial charge < -0.3 is 10.2 Å². The Hall–Kier alpha value is -3.06.